The molecule has 0 radical (unpaired) electrons. The van der Waals surface area contributed by atoms with Crippen LogP contribution in [0.5, 0.6) is 0 Å². The minimum Gasteiger partial charge on any atom is -0.380 e. The Kier molecular flexibility index (Phi) is 6.07. The Balaban J connectivity index is 1.81. The fourth-order valence-electron chi connectivity index (χ4n) is 4.48. The van der Waals surface area contributed by atoms with Crippen molar-refractivity contribution in [2.24, 2.45) is 5.73 Å². The number of H-pyrrole nitrogens is 1. The first-order valence-corrected chi connectivity index (χ1v) is 11.0. The Bertz CT molecular complexity index is 1130. The first-order chi connectivity index (χ1) is 15.3. The van der Waals surface area contributed by atoms with E-state index in [1.165, 1.54) is 6.92 Å². The number of nitrogens with zero attached hydrogens (tertiary/aromatic N) is 3. The third-order valence-corrected chi connectivity index (χ3v) is 5.85. The van der Waals surface area contributed by atoms with E-state index in [0.29, 0.717) is 28.0 Å². The number of primary amides is 1. The second-order valence-corrected chi connectivity index (χ2v) is 8.71. The number of anilines is 1. The molecule has 1 aliphatic carbocycles. The quantitative estimate of drug-likeness (QED) is 0.469. The van der Waals surface area contributed by atoms with Gasteiger partial charge in [0.1, 0.15) is 5.52 Å². The van der Waals surface area contributed by atoms with Gasteiger partial charge >= 0.3 is 0 Å². The van der Waals surface area contributed by atoms with Gasteiger partial charge in [0.05, 0.1) is 34.4 Å². The van der Waals surface area contributed by atoms with Gasteiger partial charge in [-0.15, -0.1) is 0 Å². The molecule has 0 aromatic carbocycles. The molecule has 0 atom stereocenters. The number of carbonyl (C=O) groups excluding carboxylic acids is 2. The number of amides is 2. The van der Waals surface area contributed by atoms with Crippen molar-refractivity contribution in [3.8, 4) is 11.3 Å². The molecular weight excluding hydrogens is 406 g/mol. The third-order valence-electron chi connectivity index (χ3n) is 5.85. The molecule has 3 aromatic heterocycles. The van der Waals surface area contributed by atoms with Crippen LogP contribution in [0.3, 0.4) is 0 Å². The van der Waals surface area contributed by atoms with Crippen LogP contribution in [0, 0.1) is 0 Å². The molecule has 0 saturated heterocycles. The number of hydrogen-bond donors (Lipinski definition) is 4. The largest absolute Gasteiger partial charge is 0.380 e. The summed E-state index contributed by atoms with van der Waals surface area (Å²) in [4.78, 5) is 33.8. The van der Waals surface area contributed by atoms with Crippen molar-refractivity contribution >= 4 is 28.5 Å². The SMILES string of the molecule is CC(=O)NC1CCC(c2nc3ccc(-c4cn[nH]c4)nc3c(NC(C)C)c2C(N)=O)CC1. The Labute approximate surface area is 186 Å². The molecule has 3 heterocycles. The lowest BCUT2D eigenvalue weighted by atomic mass is 9.82. The molecule has 1 aliphatic rings. The third kappa shape index (κ3) is 4.42. The summed E-state index contributed by atoms with van der Waals surface area (Å²) in [6, 6.07) is 4.06. The Morgan fingerprint density at radius 1 is 1.16 bits per heavy atom. The van der Waals surface area contributed by atoms with Crippen LogP contribution >= 0.6 is 0 Å². The van der Waals surface area contributed by atoms with E-state index in [9.17, 15) is 9.59 Å². The molecule has 0 aliphatic heterocycles. The van der Waals surface area contributed by atoms with Crippen LogP contribution in [-0.4, -0.2) is 44.1 Å². The van der Waals surface area contributed by atoms with Crippen LogP contribution < -0.4 is 16.4 Å². The second kappa shape index (κ2) is 8.94. The van der Waals surface area contributed by atoms with Crippen molar-refractivity contribution in [1.82, 2.24) is 25.5 Å². The Morgan fingerprint density at radius 2 is 1.91 bits per heavy atom. The summed E-state index contributed by atoms with van der Waals surface area (Å²) in [6.07, 6.45) is 6.80. The van der Waals surface area contributed by atoms with Gasteiger partial charge in [-0.1, -0.05) is 0 Å². The minimum absolute atomic E-state index is 0.0157. The highest BCUT2D eigenvalue weighted by atomic mass is 16.1. The average molecular weight is 436 g/mol. The minimum atomic E-state index is -0.517. The summed E-state index contributed by atoms with van der Waals surface area (Å²) in [5, 5.41) is 13.2. The number of aromatic amines is 1. The second-order valence-electron chi connectivity index (χ2n) is 8.71. The van der Waals surface area contributed by atoms with Gasteiger partial charge in [0.25, 0.3) is 5.91 Å². The van der Waals surface area contributed by atoms with Gasteiger partial charge in [-0.05, 0) is 51.7 Å². The van der Waals surface area contributed by atoms with Crippen molar-refractivity contribution in [1.29, 1.82) is 0 Å². The van der Waals surface area contributed by atoms with Gasteiger partial charge in [0.15, 0.2) is 0 Å². The normalized spacial score (nSPS) is 18.6. The fraction of sp³-hybridized carbons (Fsp3) is 0.435. The predicted molar refractivity (Wildman–Crippen MR) is 123 cm³/mol. The van der Waals surface area contributed by atoms with E-state index in [2.05, 4.69) is 20.8 Å². The van der Waals surface area contributed by atoms with Crippen molar-refractivity contribution in [2.45, 2.75) is 64.5 Å². The molecule has 2 amide bonds. The van der Waals surface area contributed by atoms with E-state index in [1.54, 1.807) is 12.4 Å². The molecule has 0 spiro atoms. The van der Waals surface area contributed by atoms with Crippen LogP contribution in [0.2, 0.25) is 0 Å². The van der Waals surface area contributed by atoms with Crippen molar-refractivity contribution < 1.29 is 9.59 Å². The molecule has 32 heavy (non-hydrogen) atoms. The number of nitrogens with two attached hydrogens (primary N) is 1. The number of nitrogens with one attached hydrogen (secondary N) is 3. The highest BCUT2D eigenvalue weighted by Crippen LogP contribution is 2.38. The zero-order chi connectivity index (χ0) is 22.8. The van der Waals surface area contributed by atoms with E-state index in [4.69, 9.17) is 15.7 Å². The Morgan fingerprint density at radius 3 is 2.50 bits per heavy atom. The Hall–Kier alpha value is -3.49. The molecule has 1 saturated carbocycles. The summed E-state index contributed by atoms with van der Waals surface area (Å²) < 4.78 is 0. The van der Waals surface area contributed by atoms with E-state index in [1.807, 2.05) is 26.0 Å². The summed E-state index contributed by atoms with van der Waals surface area (Å²) in [5.41, 5.74) is 10.6. The van der Waals surface area contributed by atoms with Crippen molar-refractivity contribution in [3.05, 3.63) is 35.8 Å². The summed E-state index contributed by atoms with van der Waals surface area (Å²) in [7, 11) is 0. The van der Waals surface area contributed by atoms with Gasteiger partial charge < -0.3 is 16.4 Å². The van der Waals surface area contributed by atoms with E-state index < -0.39 is 5.91 Å². The van der Waals surface area contributed by atoms with Crippen molar-refractivity contribution in [3.63, 3.8) is 0 Å². The van der Waals surface area contributed by atoms with Gasteiger partial charge in [-0.25, -0.2) is 9.97 Å². The average Bonchev–Trinajstić information content (AvgIpc) is 3.27. The van der Waals surface area contributed by atoms with E-state index in [-0.39, 0.29) is 23.9 Å². The molecule has 5 N–H and O–H groups in total. The lowest BCUT2D eigenvalue weighted by Crippen LogP contribution is -2.36. The first kappa shape index (κ1) is 21.7. The van der Waals surface area contributed by atoms with E-state index in [0.717, 1.165) is 36.9 Å². The van der Waals surface area contributed by atoms with Crippen LogP contribution in [-0.2, 0) is 4.79 Å². The monoisotopic (exact) mass is 435 g/mol. The van der Waals surface area contributed by atoms with Gasteiger partial charge in [0, 0.05) is 36.7 Å². The molecule has 9 nitrogen and oxygen atoms in total. The summed E-state index contributed by atoms with van der Waals surface area (Å²) >= 11 is 0. The molecule has 4 rings (SSSR count). The number of carbonyl (C=O) groups is 2. The highest BCUT2D eigenvalue weighted by molar-refractivity contribution is 6.07. The number of aromatic nitrogens is 4. The zero-order valence-electron chi connectivity index (χ0n) is 18.6. The number of fused-ring (bicyclic) bond motifs is 1. The fourth-order valence-corrected chi connectivity index (χ4v) is 4.48. The van der Waals surface area contributed by atoms with Gasteiger partial charge in [-0.3, -0.25) is 14.7 Å². The summed E-state index contributed by atoms with van der Waals surface area (Å²) in [5.74, 6) is -0.441. The molecule has 9 heteroatoms. The maximum absolute atomic E-state index is 12.7. The molecule has 0 unspecified atom stereocenters. The van der Waals surface area contributed by atoms with Gasteiger partial charge in [0.2, 0.25) is 5.91 Å². The maximum atomic E-state index is 12.7. The maximum Gasteiger partial charge on any atom is 0.252 e. The van der Waals surface area contributed by atoms with E-state index >= 15 is 0 Å². The lowest BCUT2D eigenvalue weighted by Gasteiger charge is -2.30. The number of pyridine rings is 2. The smallest absolute Gasteiger partial charge is 0.252 e. The van der Waals surface area contributed by atoms with Crippen LogP contribution in [0.15, 0.2) is 24.5 Å². The van der Waals surface area contributed by atoms with Crippen LogP contribution in [0.1, 0.15) is 68.4 Å². The molecule has 0 bridgehead atoms. The predicted octanol–water partition coefficient (Wildman–Crippen LogP) is 3.10. The number of rotatable bonds is 6. The zero-order valence-corrected chi connectivity index (χ0v) is 18.6. The molecule has 1 fully saturated rings. The number of hydrogen-bond acceptors (Lipinski definition) is 6. The summed E-state index contributed by atoms with van der Waals surface area (Å²) in [6.45, 7) is 5.56. The molecule has 168 valence electrons. The topological polar surface area (TPSA) is 139 Å². The highest BCUT2D eigenvalue weighted by Gasteiger charge is 2.30. The van der Waals surface area contributed by atoms with Gasteiger partial charge in [-0.2, -0.15) is 5.10 Å². The molecule has 3 aromatic rings. The molecular formula is C23H29N7O2. The van der Waals surface area contributed by atoms with Crippen molar-refractivity contribution in [2.75, 3.05) is 5.32 Å². The lowest BCUT2D eigenvalue weighted by molar-refractivity contribution is -0.119. The first-order valence-electron chi connectivity index (χ1n) is 11.0. The standard InChI is InChI=1S/C23H29N7O2/c1-12(2)27-22-19(23(24)32)20(14-4-6-16(7-5-14)28-13(3)31)30-18-9-8-17(29-21(18)22)15-10-25-26-11-15/h8-12,14,16H,4-7H2,1-3H3,(H2,24,32)(H,25,26)(H,27,30)(H,28,31). The van der Waals surface area contributed by atoms with Crippen LogP contribution in [0.4, 0.5) is 5.69 Å². The van der Waals surface area contributed by atoms with Crippen LogP contribution in [0.25, 0.3) is 22.3 Å².